The molecule has 11 aromatic rings. The van der Waals surface area contributed by atoms with Crippen LogP contribution in [0.5, 0.6) is 0 Å². The van der Waals surface area contributed by atoms with Crippen molar-refractivity contribution in [3.63, 3.8) is 0 Å². The fourth-order valence-electron chi connectivity index (χ4n) is 8.40. The summed E-state index contributed by atoms with van der Waals surface area (Å²) in [6, 6.07) is 79.8. The Labute approximate surface area is 404 Å². The molecule has 9 aromatic carbocycles. The van der Waals surface area contributed by atoms with Crippen LogP contribution in [0.15, 0.2) is 247 Å². The number of fused-ring (bicyclic) bond motifs is 1. The van der Waals surface area contributed by atoms with Crippen LogP contribution in [0.2, 0.25) is 0 Å². The highest BCUT2D eigenvalue weighted by Gasteiger charge is 2.21. The zero-order valence-electron chi connectivity index (χ0n) is 37.6. The number of para-hydroxylation sites is 4. The van der Waals surface area contributed by atoms with Gasteiger partial charge in [-0.1, -0.05) is 109 Å². The van der Waals surface area contributed by atoms with Gasteiger partial charge in [0, 0.05) is 67.5 Å². The number of nitrogens with one attached hydrogen (secondary N) is 2. The molecule has 2 heterocycles. The van der Waals surface area contributed by atoms with Crippen molar-refractivity contribution < 1.29 is 9.15 Å². The van der Waals surface area contributed by atoms with E-state index in [9.17, 15) is 0 Å². The van der Waals surface area contributed by atoms with E-state index in [4.69, 9.17) is 29.9 Å². The monoisotopic (exact) mass is 906 g/mol. The maximum atomic E-state index is 8.67. The summed E-state index contributed by atoms with van der Waals surface area (Å²) >= 11 is 0. The zero-order chi connectivity index (χ0) is 47.2. The summed E-state index contributed by atoms with van der Waals surface area (Å²) in [6.07, 6.45) is 0. The number of hydrogen-bond donors (Lipinski definition) is 2. The van der Waals surface area contributed by atoms with Gasteiger partial charge in [-0.05, 0) is 133 Å². The summed E-state index contributed by atoms with van der Waals surface area (Å²) < 4.78 is 11.8. The van der Waals surface area contributed by atoms with Gasteiger partial charge in [-0.15, -0.1) is 10.2 Å². The van der Waals surface area contributed by atoms with Crippen LogP contribution in [0, 0.1) is 10.8 Å². The number of benzene rings is 9. The molecule has 0 unspecified atom stereocenters. The SMILES string of the molecule is N=C(OC(=N)c1ccc(N(c2ccccc2)c2cccc(-c3nc4ccccc4nc3-c3cccc(N(c4ccccc4)c4ccc(-c5nnc(-c6ccccc6)o5)cc4)c3)c2)cc1)c1ccccc1. The van der Waals surface area contributed by atoms with E-state index in [0.717, 1.165) is 78.8 Å². The van der Waals surface area contributed by atoms with Gasteiger partial charge in [-0.3, -0.25) is 10.8 Å². The first-order valence-corrected chi connectivity index (χ1v) is 22.7. The highest BCUT2D eigenvalue weighted by Crippen LogP contribution is 2.41. The van der Waals surface area contributed by atoms with Crippen molar-refractivity contribution in [2.24, 2.45) is 0 Å². The van der Waals surface area contributed by atoms with Crippen molar-refractivity contribution in [3.05, 3.63) is 254 Å². The number of anilines is 6. The second-order valence-corrected chi connectivity index (χ2v) is 16.4. The predicted molar refractivity (Wildman–Crippen MR) is 280 cm³/mol. The third-order valence-corrected chi connectivity index (χ3v) is 11.8. The van der Waals surface area contributed by atoms with Crippen LogP contribution in [0.25, 0.3) is 56.5 Å². The van der Waals surface area contributed by atoms with Gasteiger partial charge in [-0.2, -0.15) is 0 Å². The molecular weight excluding hydrogens is 865 g/mol. The van der Waals surface area contributed by atoms with E-state index in [1.807, 2.05) is 152 Å². The Balaban J connectivity index is 0.953. The van der Waals surface area contributed by atoms with Crippen molar-refractivity contribution in [3.8, 4) is 45.4 Å². The quantitative estimate of drug-likeness (QED) is 0.0916. The minimum absolute atomic E-state index is 0.0839. The Morgan fingerprint density at radius 3 is 1.19 bits per heavy atom. The standard InChI is InChI=1S/C60H42N8O2/c61-57(41-17-5-1-6-18-41)69-58(62)42-31-35-49(36-32-42)67(47-23-9-3-10-24-47)51-27-15-21-45(39-51)55-56(64-54-30-14-13-29-53(54)63-55)46-22-16-28-52(40-46)68(48-25-11-4-12-26-48)50-37-33-44(34-38-50)60-66-65-59(70-60)43-19-7-2-8-20-43/h1-40,61-62H. The first-order chi connectivity index (χ1) is 34.5. The molecule has 2 N–H and O–H groups in total. The second-order valence-electron chi connectivity index (χ2n) is 16.4. The number of rotatable bonds is 12. The summed E-state index contributed by atoms with van der Waals surface area (Å²) in [7, 11) is 0. The summed E-state index contributed by atoms with van der Waals surface area (Å²) in [6.45, 7) is 0. The summed E-state index contributed by atoms with van der Waals surface area (Å²) in [5.74, 6) is 0.721. The fourth-order valence-corrected chi connectivity index (χ4v) is 8.40. The Hall–Kier alpha value is -9.80. The Bertz CT molecular complexity index is 3610. The number of nitrogens with zero attached hydrogens (tertiary/aromatic N) is 6. The summed E-state index contributed by atoms with van der Waals surface area (Å²) in [5, 5.41) is 25.8. The number of aromatic nitrogens is 4. The lowest BCUT2D eigenvalue weighted by Gasteiger charge is -2.26. The molecule has 11 rings (SSSR count). The molecule has 0 spiro atoms. The third-order valence-electron chi connectivity index (χ3n) is 11.8. The summed E-state index contributed by atoms with van der Waals surface area (Å²) in [4.78, 5) is 15.0. The van der Waals surface area contributed by atoms with E-state index in [2.05, 4.69) is 98.9 Å². The van der Waals surface area contributed by atoms with E-state index < -0.39 is 0 Å². The van der Waals surface area contributed by atoms with Crippen LogP contribution < -0.4 is 9.80 Å². The molecule has 0 aliphatic carbocycles. The molecule has 0 aliphatic heterocycles. The predicted octanol–water partition coefficient (Wildman–Crippen LogP) is 15.0. The number of hydrogen-bond acceptors (Lipinski definition) is 10. The van der Waals surface area contributed by atoms with E-state index in [-0.39, 0.29) is 11.8 Å². The molecule has 10 nitrogen and oxygen atoms in total. The molecule has 10 heteroatoms. The van der Waals surface area contributed by atoms with Crippen molar-refractivity contribution in [1.29, 1.82) is 10.8 Å². The maximum Gasteiger partial charge on any atom is 0.248 e. The maximum absolute atomic E-state index is 8.67. The normalized spacial score (nSPS) is 11.0. The first kappa shape index (κ1) is 42.8. The molecule has 2 aromatic heterocycles. The first-order valence-electron chi connectivity index (χ1n) is 22.7. The zero-order valence-corrected chi connectivity index (χ0v) is 37.6. The molecule has 0 saturated carbocycles. The molecule has 0 bridgehead atoms. The van der Waals surface area contributed by atoms with Crippen molar-refractivity contribution in [1.82, 2.24) is 20.2 Å². The third kappa shape index (κ3) is 8.91. The second kappa shape index (κ2) is 19.2. The lowest BCUT2D eigenvalue weighted by molar-refractivity contribution is 0.538. The van der Waals surface area contributed by atoms with E-state index in [1.165, 1.54) is 0 Å². The molecule has 70 heavy (non-hydrogen) atoms. The topological polar surface area (TPSA) is 128 Å². The lowest BCUT2D eigenvalue weighted by Crippen LogP contribution is -2.14. The van der Waals surface area contributed by atoms with Gasteiger partial charge in [-0.25, -0.2) is 9.97 Å². The van der Waals surface area contributed by atoms with Crippen LogP contribution in [0.1, 0.15) is 11.1 Å². The largest absolute Gasteiger partial charge is 0.421 e. The summed E-state index contributed by atoms with van der Waals surface area (Å²) in [5.41, 5.74) is 13.2. The molecule has 0 aliphatic rings. The smallest absolute Gasteiger partial charge is 0.248 e. The minimum Gasteiger partial charge on any atom is -0.421 e. The average Bonchev–Trinajstić information content (AvgIpc) is 3.93. The van der Waals surface area contributed by atoms with Gasteiger partial charge < -0.3 is 19.0 Å². The van der Waals surface area contributed by atoms with E-state index in [0.29, 0.717) is 22.9 Å². The molecule has 0 amide bonds. The van der Waals surface area contributed by atoms with Crippen molar-refractivity contribution in [2.45, 2.75) is 0 Å². The fraction of sp³-hybridized carbons (Fsp3) is 0. The van der Waals surface area contributed by atoms with Crippen molar-refractivity contribution in [2.75, 3.05) is 9.80 Å². The molecule has 0 radical (unpaired) electrons. The van der Waals surface area contributed by atoms with E-state index >= 15 is 0 Å². The molecule has 0 saturated heterocycles. The van der Waals surface area contributed by atoms with Gasteiger partial charge in [0.15, 0.2) is 0 Å². The van der Waals surface area contributed by atoms with Gasteiger partial charge in [0.2, 0.25) is 23.6 Å². The van der Waals surface area contributed by atoms with Crippen LogP contribution in [0.4, 0.5) is 34.1 Å². The molecule has 0 fully saturated rings. The molecular formula is C60H42N8O2. The van der Waals surface area contributed by atoms with Gasteiger partial charge in [0.1, 0.15) is 0 Å². The van der Waals surface area contributed by atoms with Crippen LogP contribution in [-0.4, -0.2) is 32.0 Å². The molecule has 334 valence electrons. The van der Waals surface area contributed by atoms with Gasteiger partial charge in [0.05, 0.1) is 22.4 Å². The van der Waals surface area contributed by atoms with E-state index in [1.54, 1.807) is 12.1 Å². The van der Waals surface area contributed by atoms with Gasteiger partial charge >= 0.3 is 0 Å². The Morgan fingerprint density at radius 1 is 0.343 bits per heavy atom. The van der Waals surface area contributed by atoms with Crippen LogP contribution in [0.3, 0.4) is 0 Å². The molecule has 0 atom stereocenters. The lowest BCUT2D eigenvalue weighted by atomic mass is 10.0. The number of ether oxygens (including phenoxy) is 1. The van der Waals surface area contributed by atoms with Crippen LogP contribution in [-0.2, 0) is 4.74 Å². The van der Waals surface area contributed by atoms with Gasteiger partial charge in [0.25, 0.3) is 0 Å². The minimum atomic E-state index is -0.108. The Kier molecular flexibility index (Phi) is 11.7. The highest BCUT2D eigenvalue weighted by atomic mass is 16.5. The highest BCUT2D eigenvalue weighted by molar-refractivity contribution is 6.05. The van der Waals surface area contributed by atoms with Crippen molar-refractivity contribution >= 4 is 57.0 Å². The van der Waals surface area contributed by atoms with Crippen LogP contribution >= 0.6 is 0 Å². The Morgan fingerprint density at radius 2 is 0.700 bits per heavy atom. The average molecular weight is 907 g/mol.